The summed E-state index contributed by atoms with van der Waals surface area (Å²) in [6.07, 6.45) is 2.73. The molecule has 1 rings (SSSR count). The zero-order valence-corrected chi connectivity index (χ0v) is 16.3. The Balaban J connectivity index is 2.70. The van der Waals surface area contributed by atoms with Crippen molar-refractivity contribution in [3.63, 3.8) is 0 Å². The average molecular weight is 371 g/mol. The predicted molar refractivity (Wildman–Crippen MR) is 98.6 cm³/mol. The van der Waals surface area contributed by atoms with Gasteiger partial charge in [-0.2, -0.15) is 0 Å². The van der Waals surface area contributed by atoms with E-state index in [1.807, 2.05) is 30.3 Å². The lowest BCUT2D eigenvalue weighted by atomic mass is 10.2. The van der Waals surface area contributed by atoms with E-state index < -0.39 is 19.5 Å². The van der Waals surface area contributed by atoms with E-state index in [1.54, 1.807) is 13.8 Å². The summed E-state index contributed by atoms with van der Waals surface area (Å²) in [6.45, 7) is 6.25. The Labute approximate surface area is 150 Å². The molecule has 0 aliphatic heterocycles. The monoisotopic (exact) mass is 371 g/mol. The summed E-state index contributed by atoms with van der Waals surface area (Å²) < 4.78 is 29.0. The van der Waals surface area contributed by atoms with E-state index in [0.717, 1.165) is 24.8 Å². The number of amides is 1. The molecule has 0 fully saturated rings. The van der Waals surface area contributed by atoms with Crippen molar-refractivity contribution in [2.24, 2.45) is 0 Å². The van der Waals surface area contributed by atoms with Gasteiger partial charge >= 0.3 is 13.7 Å². The van der Waals surface area contributed by atoms with Gasteiger partial charge in [0.05, 0.1) is 13.2 Å². The van der Waals surface area contributed by atoms with Crippen molar-refractivity contribution >= 4 is 13.7 Å². The van der Waals surface area contributed by atoms with E-state index in [4.69, 9.17) is 13.8 Å². The first-order chi connectivity index (χ1) is 12.1. The van der Waals surface area contributed by atoms with E-state index >= 15 is 0 Å². The Hall–Kier alpha value is -1.36. The summed E-state index contributed by atoms with van der Waals surface area (Å²) in [5, 5.41) is 2.68. The minimum atomic E-state index is -3.43. The summed E-state index contributed by atoms with van der Waals surface area (Å²) in [7, 11) is -3.43. The normalized spacial score (nSPS) is 12.6. The van der Waals surface area contributed by atoms with Crippen LogP contribution in [0.1, 0.15) is 52.0 Å². The molecular formula is C18H30NO5P. The van der Waals surface area contributed by atoms with Gasteiger partial charge in [0.1, 0.15) is 12.4 Å². The van der Waals surface area contributed by atoms with Gasteiger partial charge in [0.15, 0.2) is 0 Å². The standard InChI is InChI=1S/C18H30NO5P/c1-4-7-9-14-17(25(21,23-5-2)24-6-3)19-18(20)22-15-16-12-10-8-11-13-16/h8,10-13,17H,4-7,9,14-15H2,1-3H3,(H,19,20). The van der Waals surface area contributed by atoms with E-state index in [-0.39, 0.29) is 19.8 Å². The fourth-order valence-electron chi connectivity index (χ4n) is 2.37. The summed E-state index contributed by atoms with van der Waals surface area (Å²) in [4.78, 5) is 12.1. The summed E-state index contributed by atoms with van der Waals surface area (Å²) in [6, 6.07) is 9.40. The number of carbonyl (C=O) groups excluding carboxylic acids is 1. The first kappa shape index (κ1) is 21.7. The van der Waals surface area contributed by atoms with Gasteiger partial charge in [-0.3, -0.25) is 4.57 Å². The molecule has 1 atom stereocenters. The van der Waals surface area contributed by atoms with Gasteiger partial charge in [0.25, 0.3) is 0 Å². The van der Waals surface area contributed by atoms with Crippen LogP contribution in [0.15, 0.2) is 30.3 Å². The van der Waals surface area contributed by atoms with Crippen molar-refractivity contribution < 1.29 is 23.1 Å². The van der Waals surface area contributed by atoms with E-state index in [1.165, 1.54) is 0 Å². The van der Waals surface area contributed by atoms with Gasteiger partial charge in [-0.15, -0.1) is 0 Å². The number of hydrogen-bond donors (Lipinski definition) is 1. The highest BCUT2D eigenvalue weighted by molar-refractivity contribution is 7.54. The number of unbranched alkanes of at least 4 members (excludes halogenated alkanes) is 2. The molecule has 0 spiro atoms. The van der Waals surface area contributed by atoms with Gasteiger partial charge in [-0.25, -0.2) is 4.79 Å². The highest BCUT2D eigenvalue weighted by Crippen LogP contribution is 2.53. The molecule has 0 aliphatic rings. The van der Waals surface area contributed by atoms with E-state index in [2.05, 4.69) is 12.2 Å². The second-order valence-corrected chi connectivity index (χ2v) is 7.81. The van der Waals surface area contributed by atoms with Crippen LogP contribution in [0.2, 0.25) is 0 Å². The molecule has 1 aromatic rings. The first-order valence-corrected chi connectivity index (χ1v) is 10.5. The predicted octanol–water partition coefficient (Wildman–Crippen LogP) is 5.09. The fourth-order valence-corrected chi connectivity index (χ4v) is 4.29. The molecule has 7 heteroatoms. The lowest BCUT2D eigenvalue weighted by Gasteiger charge is -2.26. The maximum absolute atomic E-state index is 13.0. The van der Waals surface area contributed by atoms with Gasteiger partial charge in [0.2, 0.25) is 0 Å². The number of nitrogens with one attached hydrogen (secondary N) is 1. The topological polar surface area (TPSA) is 73.9 Å². The zero-order valence-electron chi connectivity index (χ0n) is 15.4. The fraction of sp³-hybridized carbons (Fsp3) is 0.611. The molecule has 0 aromatic heterocycles. The molecule has 0 aliphatic carbocycles. The van der Waals surface area contributed by atoms with E-state index in [0.29, 0.717) is 6.42 Å². The zero-order chi connectivity index (χ0) is 18.5. The summed E-state index contributed by atoms with van der Waals surface area (Å²) in [5.74, 6) is -0.706. The molecule has 0 saturated carbocycles. The third kappa shape index (κ3) is 8.04. The Morgan fingerprint density at radius 2 is 1.72 bits per heavy atom. The maximum Gasteiger partial charge on any atom is 0.408 e. The second kappa shape index (κ2) is 12.1. The van der Waals surface area contributed by atoms with Crippen LogP contribution >= 0.6 is 7.60 Å². The van der Waals surface area contributed by atoms with Gasteiger partial charge in [0, 0.05) is 0 Å². The highest BCUT2D eigenvalue weighted by Gasteiger charge is 2.36. The van der Waals surface area contributed by atoms with Crippen LogP contribution in [0.4, 0.5) is 4.79 Å². The molecule has 6 nitrogen and oxygen atoms in total. The second-order valence-electron chi connectivity index (χ2n) is 5.59. The number of alkyl carbamates (subject to hydrolysis) is 1. The van der Waals surface area contributed by atoms with Crippen molar-refractivity contribution in [1.82, 2.24) is 5.32 Å². The summed E-state index contributed by atoms with van der Waals surface area (Å²) >= 11 is 0. The molecule has 0 heterocycles. The highest BCUT2D eigenvalue weighted by atomic mass is 31.2. The minimum absolute atomic E-state index is 0.155. The number of benzene rings is 1. The smallest absolute Gasteiger partial charge is 0.408 e. The largest absolute Gasteiger partial charge is 0.445 e. The van der Waals surface area contributed by atoms with Crippen molar-refractivity contribution in [3.8, 4) is 0 Å². The van der Waals surface area contributed by atoms with Crippen LogP contribution in [0, 0.1) is 0 Å². The van der Waals surface area contributed by atoms with Crippen molar-refractivity contribution in [3.05, 3.63) is 35.9 Å². The van der Waals surface area contributed by atoms with Gasteiger partial charge in [-0.05, 0) is 25.8 Å². The third-order valence-corrected chi connectivity index (χ3v) is 5.97. The third-order valence-electron chi connectivity index (χ3n) is 3.58. The quantitative estimate of drug-likeness (QED) is 0.409. The number of hydrogen-bond acceptors (Lipinski definition) is 5. The molecule has 142 valence electrons. The number of rotatable bonds is 12. The molecule has 0 radical (unpaired) electrons. The molecule has 0 saturated heterocycles. The minimum Gasteiger partial charge on any atom is -0.445 e. The van der Waals surface area contributed by atoms with Crippen LogP contribution < -0.4 is 5.32 Å². The van der Waals surface area contributed by atoms with Crippen LogP contribution in [-0.4, -0.2) is 25.1 Å². The Morgan fingerprint density at radius 3 is 2.28 bits per heavy atom. The molecule has 0 bridgehead atoms. The Bertz CT molecular complexity index is 528. The SMILES string of the molecule is CCCCCC(NC(=O)OCc1ccccc1)P(=O)(OCC)OCC. The molecule has 25 heavy (non-hydrogen) atoms. The van der Waals surface area contributed by atoms with Crippen molar-refractivity contribution in [1.29, 1.82) is 0 Å². The van der Waals surface area contributed by atoms with Gasteiger partial charge in [-0.1, -0.05) is 56.5 Å². The number of ether oxygens (including phenoxy) is 1. The lowest BCUT2D eigenvalue weighted by Crippen LogP contribution is -2.36. The molecule has 1 unspecified atom stereocenters. The molecule has 1 aromatic carbocycles. The Morgan fingerprint density at radius 1 is 1.08 bits per heavy atom. The van der Waals surface area contributed by atoms with Crippen LogP contribution in [-0.2, 0) is 25.0 Å². The van der Waals surface area contributed by atoms with Crippen LogP contribution in [0.25, 0.3) is 0 Å². The Kier molecular flexibility index (Phi) is 10.5. The maximum atomic E-state index is 13.0. The molecular weight excluding hydrogens is 341 g/mol. The number of carbonyl (C=O) groups is 1. The first-order valence-electron chi connectivity index (χ1n) is 8.91. The van der Waals surface area contributed by atoms with Crippen LogP contribution in [0.5, 0.6) is 0 Å². The van der Waals surface area contributed by atoms with E-state index in [9.17, 15) is 9.36 Å². The lowest BCUT2D eigenvalue weighted by molar-refractivity contribution is 0.134. The average Bonchev–Trinajstić information content (AvgIpc) is 2.60. The molecule has 1 amide bonds. The molecule has 1 N–H and O–H groups in total. The van der Waals surface area contributed by atoms with Crippen molar-refractivity contribution in [2.45, 2.75) is 58.8 Å². The summed E-state index contributed by atoms with van der Waals surface area (Å²) in [5.41, 5.74) is 0.887. The van der Waals surface area contributed by atoms with Crippen LogP contribution in [0.3, 0.4) is 0 Å². The van der Waals surface area contributed by atoms with Gasteiger partial charge < -0.3 is 19.1 Å². The van der Waals surface area contributed by atoms with Crippen molar-refractivity contribution in [2.75, 3.05) is 13.2 Å².